The van der Waals surface area contributed by atoms with Crippen LogP contribution in [0.3, 0.4) is 0 Å². The number of pyridine rings is 1. The molecule has 2 spiro atoms. The molecule has 2 aromatic rings. The monoisotopic (exact) mass is 375 g/mol. The molecule has 3 aliphatic heterocycles. The lowest BCUT2D eigenvalue weighted by Crippen LogP contribution is -2.47. The summed E-state index contributed by atoms with van der Waals surface area (Å²) >= 11 is 0. The molecular weight excluding hydrogens is 354 g/mol. The largest absolute Gasteiger partial charge is 0.447 e. The summed E-state index contributed by atoms with van der Waals surface area (Å²) in [5.74, 6) is -0.178. The van der Waals surface area contributed by atoms with Crippen LogP contribution in [0, 0.1) is 0 Å². The third-order valence-corrected chi connectivity index (χ3v) is 6.64. The average molecular weight is 375 g/mol. The number of rotatable bonds is 0. The second kappa shape index (κ2) is 5.64. The van der Waals surface area contributed by atoms with Crippen LogP contribution in [-0.4, -0.2) is 40.5 Å². The predicted octanol–water partition coefficient (Wildman–Crippen LogP) is 2.35. The van der Waals surface area contributed by atoms with Crippen LogP contribution in [0.4, 0.5) is 0 Å². The van der Waals surface area contributed by atoms with Crippen LogP contribution in [0.1, 0.15) is 35.2 Å². The van der Waals surface area contributed by atoms with E-state index in [1.165, 1.54) is 11.1 Å². The fourth-order valence-corrected chi connectivity index (χ4v) is 5.08. The second-order valence-electron chi connectivity index (χ2n) is 8.19. The van der Waals surface area contributed by atoms with Gasteiger partial charge in [0.05, 0.1) is 12.2 Å². The van der Waals surface area contributed by atoms with Gasteiger partial charge in [-0.1, -0.05) is 30.3 Å². The van der Waals surface area contributed by atoms with Gasteiger partial charge in [-0.05, 0) is 35.6 Å². The summed E-state index contributed by atoms with van der Waals surface area (Å²) in [7, 11) is 0. The van der Waals surface area contributed by atoms with Crippen molar-refractivity contribution in [3.05, 3.63) is 65.0 Å². The van der Waals surface area contributed by atoms with Gasteiger partial charge in [-0.25, -0.2) is 0 Å². The Labute approximate surface area is 163 Å². The highest BCUT2D eigenvalue weighted by atomic mass is 16.5. The van der Waals surface area contributed by atoms with E-state index in [1.54, 1.807) is 6.20 Å². The van der Waals surface area contributed by atoms with Crippen LogP contribution in [0.5, 0.6) is 0 Å². The topological polar surface area (TPSA) is 64.0 Å². The van der Waals surface area contributed by atoms with Gasteiger partial charge >= 0.3 is 0 Å². The van der Waals surface area contributed by atoms with E-state index in [1.807, 2.05) is 12.1 Å². The number of aromatic nitrogens is 1. The first kappa shape index (κ1) is 16.2. The van der Waals surface area contributed by atoms with Crippen molar-refractivity contribution in [1.82, 2.24) is 9.88 Å². The fourth-order valence-electron chi connectivity index (χ4n) is 5.08. The van der Waals surface area contributed by atoms with E-state index < -0.39 is 5.60 Å². The zero-order valence-corrected chi connectivity index (χ0v) is 15.6. The number of ether oxygens (including phenoxy) is 2. The molecule has 142 valence electrons. The number of nitrogens with zero attached hydrogens (tertiary/aromatic N) is 3. The average Bonchev–Trinajstić information content (AvgIpc) is 3.37. The van der Waals surface area contributed by atoms with E-state index in [-0.39, 0.29) is 11.5 Å². The molecular formula is C22H21N3O3. The second-order valence-corrected chi connectivity index (χ2v) is 8.19. The van der Waals surface area contributed by atoms with Gasteiger partial charge in [-0.3, -0.25) is 9.78 Å². The Balaban J connectivity index is 1.19. The standard InChI is InChI=1S/C22H21N3O3/c26-19-22(12-15-5-3-9-23-18(15)13-22)28-20(24-19)25-10-7-21(8-11-25)17-6-2-1-4-16(17)14-27-21/h1-6,9H,7-8,10-14H2. The molecule has 4 heterocycles. The molecule has 1 aromatic carbocycles. The highest BCUT2D eigenvalue weighted by molar-refractivity contribution is 6.02. The van der Waals surface area contributed by atoms with Gasteiger partial charge < -0.3 is 14.4 Å². The lowest BCUT2D eigenvalue weighted by Gasteiger charge is -2.39. The molecule has 6 rings (SSSR count). The highest BCUT2D eigenvalue weighted by Crippen LogP contribution is 2.45. The molecule has 6 nitrogen and oxygen atoms in total. The molecule has 0 saturated carbocycles. The maximum atomic E-state index is 12.7. The van der Waals surface area contributed by atoms with Crippen molar-refractivity contribution in [3.63, 3.8) is 0 Å². The maximum Gasteiger partial charge on any atom is 0.296 e. The Hall–Kier alpha value is -2.73. The summed E-state index contributed by atoms with van der Waals surface area (Å²) in [5.41, 5.74) is 3.53. The number of amidine groups is 1. The number of likely N-dealkylation sites (tertiary alicyclic amines) is 1. The lowest BCUT2D eigenvalue weighted by atomic mass is 9.84. The van der Waals surface area contributed by atoms with Gasteiger partial charge in [0, 0.05) is 37.8 Å². The number of fused-ring (bicyclic) bond motifs is 3. The van der Waals surface area contributed by atoms with Crippen LogP contribution in [0.2, 0.25) is 0 Å². The SMILES string of the molecule is O=C1N=C(N2CCC3(CC2)OCc2ccccc23)OC12Cc1cccnc1C2. The van der Waals surface area contributed by atoms with Crippen molar-refractivity contribution < 1.29 is 14.3 Å². The summed E-state index contributed by atoms with van der Waals surface area (Å²) in [6, 6.07) is 12.9. The van der Waals surface area contributed by atoms with E-state index in [0.29, 0.717) is 25.5 Å². The van der Waals surface area contributed by atoms with E-state index in [2.05, 4.69) is 39.1 Å². The van der Waals surface area contributed by atoms with Gasteiger partial charge in [0.1, 0.15) is 0 Å². The van der Waals surface area contributed by atoms with E-state index >= 15 is 0 Å². The van der Waals surface area contributed by atoms with Crippen LogP contribution in [0.25, 0.3) is 0 Å². The van der Waals surface area contributed by atoms with Gasteiger partial charge in [0.25, 0.3) is 11.9 Å². The van der Waals surface area contributed by atoms with Gasteiger partial charge in [0.2, 0.25) is 5.60 Å². The summed E-state index contributed by atoms with van der Waals surface area (Å²) in [6.07, 6.45) is 4.56. The molecule has 4 aliphatic rings. The molecule has 1 saturated heterocycles. The quantitative estimate of drug-likeness (QED) is 0.707. The van der Waals surface area contributed by atoms with Crippen LogP contribution >= 0.6 is 0 Å². The molecule has 28 heavy (non-hydrogen) atoms. The first-order valence-electron chi connectivity index (χ1n) is 9.90. The van der Waals surface area contributed by atoms with Crippen LogP contribution in [0.15, 0.2) is 47.6 Å². The minimum Gasteiger partial charge on any atom is -0.447 e. The van der Waals surface area contributed by atoms with Gasteiger partial charge in [-0.15, -0.1) is 0 Å². The number of carbonyl (C=O) groups excluding carboxylic acids is 1. The number of aliphatic imine (C=N–C) groups is 1. The highest BCUT2D eigenvalue weighted by Gasteiger charge is 2.53. The van der Waals surface area contributed by atoms with Crippen molar-refractivity contribution >= 4 is 11.9 Å². The first-order valence-corrected chi connectivity index (χ1v) is 9.90. The van der Waals surface area contributed by atoms with Crippen molar-refractivity contribution in [1.29, 1.82) is 0 Å². The summed E-state index contributed by atoms with van der Waals surface area (Å²) in [5, 5.41) is 0. The predicted molar refractivity (Wildman–Crippen MR) is 102 cm³/mol. The Kier molecular flexibility index (Phi) is 3.27. The minimum absolute atomic E-state index is 0.178. The maximum absolute atomic E-state index is 12.7. The smallest absolute Gasteiger partial charge is 0.296 e. The Morgan fingerprint density at radius 3 is 2.64 bits per heavy atom. The van der Waals surface area contributed by atoms with E-state index in [0.717, 1.165) is 37.2 Å². The number of hydrogen-bond acceptors (Lipinski definition) is 5. The molecule has 1 unspecified atom stereocenters. The zero-order valence-electron chi connectivity index (χ0n) is 15.6. The molecule has 0 bridgehead atoms. The zero-order chi connectivity index (χ0) is 18.8. The number of carbonyl (C=O) groups is 1. The lowest BCUT2D eigenvalue weighted by molar-refractivity contribution is -0.130. The minimum atomic E-state index is -0.891. The van der Waals surface area contributed by atoms with E-state index in [4.69, 9.17) is 9.47 Å². The Bertz CT molecular complexity index is 983. The molecule has 1 aliphatic carbocycles. The van der Waals surface area contributed by atoms with Crippen LogP contribution in [-0.2, 0) is 39.3 Å². The van der Waals surface area contributed by atoms with E-state index in [9.17, 15) is 4.79 Å². The van der Waals surface area contributed by atoms with Crippen molar-refractivity contribution in [2.75, 3.05) is 13.1 Å². The number of benzene rings is 1. The normalized spacial score (nSPS) is 27.1. The summed E-state index contributed by atoms with van der Waals surface area (Å²) < 4.78 is 12.4. The van der Waals surface area contributed by atoms with Crippen molar-refractivity contribution in [2.24, 2.45) is 4.99 Å². The number of amides is 1. The van der Waals surface area contributed by atoms with Crippen molar-refractivity contribution in [3.8, 4) is 0 Å². The molecule has 0 radical (unpaired) electrons. The van der Waals surface area contributed by atoms with Crippen molar-refractivity contribution in [2.45, 2.75) is 43.5 Å². The Morgan fingerprint density at radius 2 is 1.79 bits per heavy atom. The Morgan fingerprint density at radius 1 is 0.964 bits per heavy atom. The molecule has 0 N–H and O–H groups in total. The van der Waals surface area contributed by atoms with Gasteiger partial charge in [-0.2, -0.15) is 4.99 Å². The summed E-state index contributed by atoms with van der Waals surface area (Å²) in [6.45, 7) is 2.21. The third-order valence-electron chi connectivity index (χ3n) is 6.64. The number of hydrogen-bond donors (Lipinski definition) is 0. The molecule has 1 atom stereocenters. The molecule has 6 heteroatoms. The fraction of sp³-hybridized carbons (Fsp3) is 0.409. The molecule has 1 amide bonds. The summed E-state index contributed by atoms with van der Waals surface area (Å²) in [4.78, 5) is 23.5. The first-order chi connectivity index (χ1) is 13.7. The van der Waals surface area contributed by atoms with Crippen LogP contribution < -0.4 is 0 Å². The molecule has 1 fully saturated rings. The van der Waals surface area contributed by atoms with Gasteiger partial charge in [0.15, 0.2) is 0 Å². The number of piperidine rings is 1. The molecule has 1 aromatic heterocycles. The third kappa shape index (κ3) is 2.21.